The maximum absolute atomic E-state index is 6.16. The Labute approximate surface area is 129 Å². The second kappa shape index (κ2) is 6.40. The first-order chi connectivity index (χ1) is 8.56. The van der Waals surface area contributed by atoms with Gasteiger partial charge in [-0.1, -0.05) is 29.3 Å². The second-order valence-corrected chi connectivity index (χ2v) is 6.83. The Morgan fingerprint density at radius 1 is 1.22 bits per heavy atom. The molecular weight excluding hydrogens is 353 g/mol. The van der Waals surface area contributed by atoms with Crippen LogP contribution in [0, 0.1) is 0 Å². The molecule has 1 unspecified atom stereocenters. The van der Waals surface area contributed by atoms with Gasteiger partial charge < -0.3 is 5.73 Å². The van der Waals surface area contributed by atoms with Crippen LogP contribution in [-0.2, 0) is 12.8 Å². The summed E-state index contributed by atoms with van der Waals surface area (Å²) in [5.41, 5.74) is 7.09. The van der Waals surface area contributed by atoms with Crippen molar-refractivity contribution in [3.63, 3.8) is 0 Å². The Morgan fingerprint density at radius 2 is 1.89 bits per heavy atom. The first kappa shape index (κ1) is 14.4. The lowest BCUT2D eigenvalue weighted by Gasteiger charge is -2.13. The molecule has 1 aromatic carbocycles. The highest BCUT2D eigenvalue weighted by atomic mass is 79.9. The van der Waals surface area contributed by atoms with Crippen molar-refractivity contribution in [1.29, 1.82) is 0 Å². The van der Waals surface area contributed by atoms with Gasteiger partial charge in [0.2, 0.25) is 0 Å². The van der Waals surface area contributed by atoms with Crippen molar-refractivity contribution >= 4 is 50.5 Å². The van der Waals surface area contributed by atoms with Crippen LogP contribution in [0.5, 0.6) is 0 Å². The van der Waals surface area contributed by atoms with E-state index in [9.17, 15) is 0 Å². The van der Waals surface area contributed by atoms with Crippen molar-refractivity contribution in [2.75, 3.05) is 0 Å². The third-order valence-electron chi connectivity index (χ3n) is 2.61. The predicted octanol–water partition coefficient (Wildman–Crippen LogP) is 4.93. The van der Waals surface area contributed by atoms with Crippen LogP contribution in [-0.4, -0.2) is 6.04 Å². The standard InChI is InChI=1S/C13H12BrCl2NS/c14-8-4-10(18-7-8)5-9(17)6-11-12(15)2-1-3-13(11)16/h1-4,7,9H,5-6,17H2. The van der Waals surface area contributed by atoms with Gasteiger partial charge in [-0.3, -0.25) is 0 Å². The van der Waals surface area contributed by atoms with E-state index in [-0.39, 0.29) is 6.04 Å². The fourth-order valence-electron chi connectivity index (χ4n) is 1.78. The molecule has 0 spiro atoms. The molecule has 96 valence electrons. The topological polar surface area (TPSA) is 26.0 Å². The van der Waals surface area contributed by atoms with E-state index in [0.29, 0.717) is 16.5 Å². The number of rotatable bonds is 4. The average molecular weight is 365 g/mol. The van der Waals surface area contributed by atoms with Gasteiger partial charge in [0.25, 0.3) is 0 Å². The second-order valence-electron chi connectivity index (χ2n) is 4.10. The molecule has 0 radical (unpaired) electrons. The molecule has 2 N–H and O–H groups in total. The third-order valence-corrected chi connectivity index (χ3v) is 5.04. The summed E-state index contributed by atoms with van der Waals surface area (Å²) in [5.74, 6) is 0. The Bertz CT molecular complexity index is 521. The highest BCUT2D eigenvalue weighted by molar-refractivity contribution is 9.10. The van der Waals surface area contributed by atoms with Crippen LogP contribution in [0.4, 0.5) is 0 Å². The van der Waals surface area contributed by atoms with Gasteiger partial charge in [0.15, 0.2) is 0 Å². The molecule has 1 aromatic heterocycles. The molecule has 0 aliphatic heterocycles. The molecule has 1 nitrogen and oxygen atoms in total. The van der Waals surface area contributed by atoms with Crippen LogP contribution in [0.2, 0.25) is 10.0 Å². The highest BCUT2D eigenvalue weighted by Crippen LogP contribution is 2.27. The molecule has 2 aromatic rings. The van der Waals surface area contributed by atoms with E-state index < -0.39 is 0 Å². The number of thiophene rings is 1. The largest absolute Gasteiger partial charge is 0.327 e. The minimum Gasteiger partial charge on any atom is -0.327 e. The fraction of sp³-hybridized carbons (Fsp3) is 0.231. The van der Waals surface area contributed by atoms with Gasteiger partial charge in [-0.05, 0) is 52.5 Å². The van der Waals surface area contributed by atoms with Crippen molar-refractivity contribution in [3.8, 4) is 0 Å². The van der Waals surface area contributed by atoms with Crippen molar-refractivity contribution < 1.29 is 0 Å². The lowest BCUT2D eigenvalue weighted by Crippen LogP contribution is -2.25. The van der Waals surface area contributed by atoms with Crippen LogP contribution >= 0.6 is 50.5 Å². The van der Waals surface area contributed by atoms with Gasteiger partial charge in [-0.2, -0.15) is 0 Å². The Balaban J connectivity index is 2.05. The van der Waals surface area contributed by atoms with Crippen LogP contribution in [0.1, 0.15) is 10.4 Å². The van der Waals surface area contributed by atoms with Gasteiger partial charge in [0.1, 0.15) is 0 Å². The predicted molar refractivity (Wildman–Crippen MR) is 83.9 cm³/mol. The highest BCUT2D eigenvalue weighted by Gasteiger charge is 2.12. The lowest BCUT2D eigenvalue weighted by atomic mass is 10.0. The number of nitrogens with two attached hydrogens (primary N) is 1. The van der Waals surface area contributed by atoms with Crippen LogP contribution in [0.3, 0.4) is 0 Å². The van der Waals surface area contributed by atoms with E-state index >= 15 is 0 Å². The zero-order valence-electron chi connectivity index (χ0n) is 9.50. The Morgan fingerprint density at radius 3 is 2.44 bits per heavy atom. The summed E-state index contributed by atoms with van der Waals surface area (Å²) < 4.78 is 1.10. The summed E-state index contributed by atoms with van der Waals surface area (Å²) in [6, 6.07) is 7.65. The maximum Gasteiger partial charge on any atom is 0.0453 e. The molecule has 1 heterocycles. The molecule has 18 heavy (non-hydrogen) atoms. The average Bonchev–Trinajstić information content (AvgIpc) is 2.69. The smallest absolute Gasteiger partial charge is 0.0453 e. The number of hydrogen-bond donors (Lipinski definition) is 1. The van der Waals surface area contributed by atoms with Gasteiger partial charge >= 0.3 is 0 Å². The summed E-state index contributed by atoms with van der Waals surface area (Å²) >= 11 is 17.4. The molecule has 0 aliphatic carbocycles. The van der Waals surface area contributed by atoms with Gasteiger partial charge in [-0.15, -0.1) is 11.3 Å². The summed E-state index contributed by atoms with van der Waals surface area (Å²) in [6.45, 7) is 0. The fourth-order valence-corrected chi connectivity index (χ4v) is 3.88. The summed E-state index contributed by atoms with van der Waals surface area (Å²) in [5, 5.41) is 3.43. The van der Waals surface area contributed by atoms with Crippen LogP contribution in [0.15, 0.2) is 34.1 Å². The quantitative estimate of drug-likeness (QED) is 0.817. The maximum atomic E-state index is 6.16. The molecule has 0 aliphatic rings. The van der Waals surface area contributed by atoms with Crippen molar-refractivity contribution in [2.45, 2.75) is 18.9 Å². The van der Waals surface area contributed by atoms with E-state index in [4.69, 9.17) is 28.9 Å². The Kier molecular flexibility index (Phi) is 5.10. The minimum absolute atomic E-state index is 0.0212. The zero-order chi connectivity index (χ0) is 13.1. The molecule has 0 saturated carbocycles. The van der Waals surface area contributed by atoms with Crippen molar-refractivity contribution in [2.24, 2.45) is 5.73 Å². The SMILES string of the molecule is NC(Cc1cc(Br)cs1)Cc1c(Cl)cccc1Cl. The van der Waals surface area contributed by atoms with E-state index in [2.05, 4.69) is 27.4 Å². The van der Waals surface area contributed by atoms with E-state index in [1.807, 2.05) is 18.2 Å². The summed E-state index contributed by atoms with van der Waals surface area (Å²) in [7, 11) is 0. The number of benzene rings is 1. The third kappa shape index (κ3) is 3.72. The van der Waals surface area contributed by atoms with Gasteiger partial charge in [0.05, 0.1) is 0 Å². The van der Waals surface area contributed by atoms with Crippen molar-refractivity contribution in [1.82, 2.24) is 0 Å². The zero-order valence-corrected chi connectivity index (χ0v) is 13.4. The van der Waals surface area contributed by atoms with Gasteiger partial charge in [-0.25, -0.2) is 0 Å². The molecule has 0 fully saturated rings. The summed E-state index contributed by atoms with van der Waals surface area (Å²) in [4.78, 5) is 1.26. The molecular formula is C13H12BrCl2NS. The number of hydrogen-bond acceptors (Lipinski definition) is 2. The number of halogens is 3. The summed E-state index contributed by atoms with van der Waals surface area (Å²) in [6.07, 6.45) is 1.52. The van der Waals surface area contributed by atoms with E-state index in [0.717, 1.165) is 16.5 Å². The lowest BCUT2D eigenvalue weighted by molar-refractivity contribution is 0.671. The Hall–Kier alpha value is -0.0600. The molecule has 0 bridgehead atoms. The van der Waals surface area contributed by atoms with Crippen molar-refractivity contribution in [3.05, 3.63) is 54.6 Å². The molecule has 0 saturated heterocycles. The van der Waals surface area contributed by atoms with Crippen LogP contribution < -0.4 is 5.73 Å². The van der Waals surface area contributed by atoms with Crippen LogP contribution in [0.25, 0.3) is 0 Å². The normalized spacial score (nSPS) is 12.7. The minimum atomic E-state index is 0.0212. The molecule has 0 amide bonds. The monoisotopic (exact) mass is 363 g/mol. The van der Waals surface area contributed by atoms with E-state index in [1.54, 1.807) is 11.3 Å². The first-order valence-corrected chi connectivity index (χ1v) is 7.90. The molecule has 2 rings (SSSR count). The van der Waals surface area contributed by atoms with Gasteiger partial charge in [0, 0.05) is 30.8 Å². The molecule has 1 atom stereocenters. The molecule has 5 heteroatoms. The first-order valence-electron chi connectivity index (χ1n) is 5.47. The van der Waals surface area contributed by atoms with E-state index in [1.165, 1.54) is 4.88 Å².